The predicted octanol–water partition coefficient (Wildman–Crippen LogP) is 1.75. The first kappa shape index (κ1) is 20.3. The maximum atomic E-state index is 13.5. The molecule has 0 spiro atoms. The van der Waals surface area contributed by atoms with E-state index in [4.69, 9.17) is 4.74 Å². The number of rotatable bonds is 6. The van der Waals surface area contributed by atoms with Crippen molar-refractivity contribution in [1.29, 1.82) is 0 Å². The summed E-state index contributed by atoms with van der Waals surface area (Å²) in [4.78, 5) is 47.8. The lowest BCUT2D eigenvalue weighted by atomic mass is 10.1. The summed E-state index contributed by atoms with van der Waals surface area (Å²) in [5.74, 6) is -3.54. The second-order valence-electron chi connectivity index (χ2n) is 5.96. The number of carbonyl (C=O) groups is 3. The molecule has 0 bridgehead atoms. The molecule has 3 rings (SSSR count). The number of halogens is 1. The van der Waals surface area contributed by atoms with E-state index in [2.05, 4.69) is 14.9 Å². The van der Waals surface area contributed by atoms with Gasteiger partial charge in [-0.25, -0.2) is 4.79 Å². The Hall–Kier alpha value is -3.48. The maximum Gasteiger partial charge on any atom is 0.362 e. The van der Waals surface area contributed by atoms with Gasteiger partial charge in [0.15, 0.2) is 5.00 Å². The third-order valence-corrected chi connectivity index (χ3v) is 4.77. The van der Waals surface area contributed by atoms with Crippen LogP contribution in [0.1, 0.15) is 23.8 Å². The second kappa shape index (κ2) is 8.26. The van der Waals surface area contributed by atoms with E-state index >= 15 is 0 Å². The fourth-order valence-electron chi connectivity index (χ4n) is 2.76. The van der Waals surface area contributed by atoms with Crippen molar-refractivity contribution in [3.05, 3.63) is 39.8 Å². The number of aromatic nitrogens is 2. The number of carbonyl (C=O) groups excluding carboxylic acids is 3. The van der Waals surface area contributed by atoms with Crippen molar-refractivity contribution < 1.29 is 28.4 Å². The average molecular weight is 423 g/mol. The second-order valence-corrected chi connectivity index (χ2v) is 6.71. The van der Waals surface area contributed by atoms with Crippen molar-refractivity contribution in [1.82, 2.24) is 9.59 Å². The highest BCUT2D eigenvalue weighted by atomic mass is 32.1. The normalized spacial score (nSPS) is 16.0. The molecule has 1 aromatic carbocycles. The van der Waals surface area contributed by atoms with Crippen molar-refractivity contribution >= 4 is 45.7 Å². The topological polar surface area (TPSA) is 145 Å². The zero-order valence-corrected chi connectivity index (χ0v) is 15.8. The van der Waals surface area contributed by atoms with Crippen LogP contribution in [0.25, 0.3) is 0 Å². The van der Waals surface area contributed by atoms with Gasteiger partial charge in [0, 0.05) is 30.6 Å². The Kier molecular flexibility index (Phi) is 5.77. The smallest absolute Gasteiger partial charge is 0.362 e. The molecule has 152 valence electrons. The number of nitro groups is 1. The van der Waals surface area contributed by atoms with E-state index in [1.165, 1.54) is 11.0 Å². The molecule has 2 amide bonds. The standard InChI is InChI=1S/C16H14FN5O6S/c1-2-28-16(25)13-15(29-20-19-13)18-14(24)8-5-12(23)21(7-8)9-3-4-10(17)11(6-9)22(26)27/h3-4,6,8H,2,5,7H2,1H3,(H,18,24). The number of nitro benzene ring substituents is 1. The highest BCUT2D eigenvalue weighted by Crippen LogP contribution is 2.30. The summed E-state index contributed by atoms with van der Waals surface area (Å²) in [6.07, 6.45) is -0.155. The van der Waals surface area contributed by atoms with Crippen LogP contribution in [-0.4, -0.2) is 45.4 Å². The van der Waals surface area contributed by atoms with E-state index in [9.17, 15) is 28.9 Å². The van der Waals surface area contributed by atoms with Crippen molar-refractivity contribution in [3.8, 4) is 0 Å². The molecule has 1 aliphatic rings. The number of anilines is 2. The monoisotopic (exact) mass is 423 g/mol. The van der Waals surface area contributed by atoms with Crippen LogP contribution in [0.5, 0.6) is 0 Å². The van der Waals surface area contributed by atoms with Crippen LogP contribution in [0.3, 0.4) is 0 Å². The number of nitrogens with zero attached hydrogens (tertiary/aromatic N) is 4. The summed E-state index contributed by atoms with van der Waals surface area (Å²) in [6, 6.07) is 3.06. The number of nitrogens with one attached hydrogen (secondary N) is 1. The van der Waals surface area contributed by atoms with Crippen molar-refractivity contribution in [2.24, 2.45) is 5.92 Å². The van der Waals surface area contributed by atoms with Gasteiger partial charge in [-0.2, -0.15) is 4.39 Å². The minimum Gasteiger partial charge on any atom is -0.461 e. The van der Waals surface area contributed by atoms with E-state index in [1.54, 1.807) is 6.92 Å². The van der Waals surface area contributed by atoms with Crippen LogP contribution in [0.2, 0.25) is 0 Å². The van der Waals surface area contributed by atoms with Gasteiger partial charge in [-0.1, -0.05) is 4.49 Å². The molecule has 1 unspecified atom stereocenters. The first-order chi connectivity index (χ1) is 13.8. The van der Waals surface area contributed by atoms with Gasteiger partial charge in [0.1, 0.15) is 0 Å². The number of hydrogen-bond acceptors (Lipinski definition) is 9. The lowest BCUT2D eigenvalue weighted by Crippen LogP contribution is -2.28. The Morgan fingerprint density at radius 1 is 1.48 bits per heavy atom. The molecule has 11 nitrogen and oxygen atoms in total. The zero-order valence-electron chi connectivity index (χ0n) is 15.0. The van der Waals surface area contributed by atoms with Gasteiger partial charge in [0.05, 0.1) is 23.1 Å². The Bertz CT molecular complexity index is 996. The molecule has 1 aliphatic heterocycles. The molecular formula is C16H14FN5O6S. The maximum absolute atomic E-state index is 13.5. The van der Waals surface area contributed by atoms with Crippen LogP contribution >= 0.6 is 11.5 Å². The molecule has 1 saturated heterocycles. The van der Waals surface area contributed by atoms with Crippen LogP contribution in [0, 0.1) is 21.8 Å². The highest BCUT2D eigenvalue weighted by Gasteiger charge is 2.36. The van der Waals surface area contributed by atoms with Crippen LogP contribution in [-0.2, 0) is 14.3 Å². The predicted molar refractivity (Wildman–Crippen MR) is 98.0 cm³/mol. The Morgan fingerprint density at radius 3 is 2.93 bits per heavy atom. The van der Waals surface area contributed by atoms with E-state index in [1.807, 2.05) is 0 Å². The summed E-state index contributed by atoms with van der Waals surface area (Å²) in [7, 11) is 0. The number of amides is 2. The largest absolute Gasteiger partial charge is 0.461 e. The van der Waals surface area contributed by atoms with E-state index in [0.717, 1.165) is 23.7 Å². The lowest BCUT2D eigenvalue weighted by Gasteiger charge is -2.16. The molecule has 1 atom stereocenters. The Balaban J connectivity index is 1.73. The summed E-state index contributed by atoms with van der Waals surface area (Å²) < 4.78 is 22.0. The summed E-state index contributed by atoms with van der Waals surface area (Å²) >= 11 is 0.787. The number of hydrogen-bond donors (Lipinski definition) is 1. The summed E-state index contributed by atoms with van der Waals surface area (Å²) in [5.41, 5.74) is -0.788. The van der Waals surface area contributed by atoms with Crippen molar-refractivity contribution in [2.45, 2.75) is 13.3 Å². The Morgan fingerprint density at radius 2 is 2.24 bits per heavy atom. The van der Waals surface area contributed by atoms with Gasteiger partial charge in [-0.05, 0) is 19.1 Å². The van der Waals surface area contributed by atoms with Gasteiger partial charge in [-0.15, -0.1) is 5.10 Å². The minimum atomic E-state index is -1.02. The van der Waals surface area contributed by atoms with Crippen molar-refractivity contribution in [3.63, 3.8) is 0 Å². The van der Waals surface area contributed by atoms with Gasteiger partial charge in [-0.3, -0.25) is 19.7 Å². The molecular weight excluding hydrogens is 409 g/mol. The molecule has 0 saturated carbocycles. The lowest BCUT2D eigenvalue weighted by molar-refractivity contribution is -0.387. The third kappa shape index (κ3) is 4.18. The number of esters is 1. The SMILES string of the molecule is CCOC(=O)c1nnsc1NC(=O)C1CC(=O)N(c2ccc(F)c([N+](=O)[O-])c2)C1. The zero-order chi connectivity index (χ0) is 21.1. The molecule has 2 aromatic rings. The van der Waals surface area contributed by atoms with Gasteiger partial charge >= 0.3 is 11.7 Å². The van der Waals surface area contributed by atoms with Crippen molar-refractivity contribution in [2.75, 3.05) is 23.4 Å². The average Bonchev–Trinajstić information content (AvgIpc) is 3.29. The minimum absolute atomic E-state index is 0.0611. The number of ether oxygens (including phenoxy) is 1. The van der Waals surface area contributed by atoms with E-state index in [-0.39, 0.29) is 36.0 Å². The molecule has 2 heterocycles. The van der Waals surface area contributed by atoms with Gasteiger partial charge in [0.25, 0.3) is 0 Å². The first-order valence-electron chi connectivity index (χ1n) is 8.36. The quantitative estimate of drug-likeness (QED) is 0.420. The molecule has 0 aliphatic carbocycles. The third-order valence-electron chi connectivity index (χ3n) is 4.13. The van der Waals surface area contributed by atoms with E-state index in [0.29, 0.717) is 0 Å². The van der Waals surface area contributed by atoms with Crippen LogP contribution in [0.4, 0.5) is 20.8 Å². The number of benzene rings is 1. The first-order valence-corrected chi connectivity index (χ1v) is 9.13. The molecule has 0 radical (unpaired) electrons. The molecule has 1 aromatic heterocycles. The Labute approximate surface area is 166 Å². The van der Waals surface area contributed by atoms with Crippen LogP contribution in [0.15, 0.2) is 18.2 Å². The molecule has 13 heteroatoms. The summed E-state index contributed by atoms with van der Waals surface area (Å²) in [6.45, 7) is 1.68. The van der Waals surface area contributed by atoms with Gasteiger partial charge < -0.3 is 15.0 Å². The molecule has 29 heavy (non-hydrogen) atoms. The molecule has 1 N–H and O–H groups in total. The van der Waals surface area contributed by atoms with Crippen LogP contribution < -0.4 is 10.2 Å². The summed E-state index contributed by atoms with van der Waals surface area (Å²) in [5, 5.41) is 17.1. The fourth-order valence-corrected chi connectivity index (χ4v) is 3.32. The fraction of sp³-hybridized carbons (Fsp3) is 0.312. The highest BCUT2D eigenvalue weighted by molar-refractivity contribution is 7.10. The van der Waals surface area contributed by atoms with Gasteiger partial charge in [0.2, 0.25) is 23.3 Å². The van der Waals surface area contributed by atoms with E-state index < -0.39 is 40.1 Å². The molecule has 1 fully saturated rings.